The highest BCUT2D eigenvalue weighted by atomic mass is 31.2. The van der Waals surface area contributed by atoms with Crippen LogP contribution in [0.4, 0.5) is 0 Å². The van der Waals surface area contributed by atoms with E-state index in [1.807, 2.05) is 0 Å². The molecule has 0 amide bonds. The Morgan fingerprint density at radius 3 is 1.46 bits per heavy atom. The van der Waals surface area contributed by atoms with Crippen LogP contribution in [0.5, 0.6) is 0 Å². The molecule has 0 aliphatic carbocycles. The second-order valence-corrected chi connectivity index (χ2v) is 16.0. The maximum atomic E-state index is 12.6. The van der Waals surface area contributed by atoms with Gasteiger partial charge in [0.1, 0.15) is 6.61 Å². The lowest BCUT2D eigenvalue weighted by Crippen LogP contribution is -2.29. The Bertz CT molecular complexity index is 986. The van der Waals surface area contributed by atoms with Crippen LogP contribution in [0, 0.1) is 0 Å². The number of hydrogen-bond donors (Lipinski definition) is 2. The molecule has 0 aromatic rings. The third-order valence-corrected chi connectivity index (χ3v) is 10.2. The van der Waals surface area contributed by atoms with Gasteiger partial charge in [-0.1, -0.05) is 153 Å². The number of carbonyl (C=O) groups is 2. The fourth-order valence-electron chi connectivity index (χ4n) is 5.95. The Hall–Kier alpha value is -1.77. The average molecular weight is 784 g/mol. The number of esters is 2. The quantitative estimate of drug-likeness (QED) is 0.0269. The van der Waals surface area contributed by atoms with Crippen LogP contribution in [0.3, 0.4) is 0 Å². The van der Waals surface area contributed by atoms with E-state index in [0.29, 0.717) is 6.42 Å². The third-order valence-electron chi connectivity index (χ3n) is 9.25. The number of allylic oxidation sites excluding steroid dienone is 6. The van der Waals surface area contributed by atoms with Gasteiger partial charge in [-0.25, -0.2) is 4.57 Å². The molecule has 3 N–H and O–H groups in total. The standard InChI is InChI=1S/C44H82NO8P/c1-3-5-7-9-11-13-15-17-19-21-23-24-26-28-30-32-34-36-43(46)50-40-42(41-52-54(48,49)51-39-38-45)53-44(47)37-35-33-31-29-27-25-22-20-18-16-14-12-10-8-6-4-2/h11,13,17,19-20,22,42H,3-10,12,14-16,18,21,23-41,45H2,1-2H3,(H,48,49)/b13-11-,19-17-,22-20-/t42-/m1/s1. The first-order valence-electron chi connectivity index (χ1n) is 22.0. The van der Waals surface area contributed by atoms with Gasteiger partial charge in [-0.2, -0.15) is 0 Å². The molecule has 2 atom stereocenters. The molecule has 0 saturated heterocycles. The number of rotatable bonds is 41. The third kappa shape index (κ3) is 39.9. The van der Waals surface area contributed by atoms with Crippen molar-refractivity contribution in [2.75, 3.05) is 26.4 Å². The molecule has 316 valence electrons. The minimum absolute atomic E-state index is 0.0507. The normalized spacial score (nSPS) is 13.6. The largest absolute Gasteiger partial charge is 0.472 e. The molecule has 0 aromatic heterocycles. The lowest BCUT2D eigenvalue weighted by molar-refractivity contribution is -0.161. The van der Waals surface area contributed by atoms with Crippen molar-refractivity contribution in [3.8, 4) is 0 Å². The van der Waals surface area contributed by atoms with Gasteiger partial charge >= 0.3 is 19.8 Å². The summed E-state index contributed by atoms with van der Waals surface area (Å²) in [6, 6.07) is 0. The van der Waals surface area contributed by atoms with Crippen molar-refractivity contribution in [3.63, 3.8) is 0 Å². The van der Waals surface area contributed by atoms with E-state index in [2.05, 4.69) is 50.3 Å². The topological polar surface area (TPSA) is 134 Å². The molecule has 0 aromatic carbocycles. The highest BCUT2D eigenvalue weighted by molar-refractivity contribution is 7.47. The molecule has 0 aliphatic rings. The maximum absolute atomic E-state index is 12.6. The predicted molar refractivity (Wildman–Crippen MR) is 224 cm³/mol. The van der Waals surface area contributed by atoms with Crippen LogP contribution in [-0.2, 0) is 32.7 Å². The van der Waals surface area contributed by atoms with Crippen molar-refractivity contribution in [1.29, 1.82) is 0 Å². The molecule has 0 bridgehead atoms. The van der Waals surface area contributed by atoms with Crippen LogP contribution in [0.25, 0.3) is 0 Å². The summed E-state index contributed by atoms with van der Waals surface area (Å²) in [4.78, 5) is 34.9. The van der Waals surface area contributed by atoms with Gasteiger partial charge in [0.05, 0.1) is 13.2 Å². The number of hydrogen-bond acceptors (Lipinski definition) is 8. The van der Waals surface area contributed by atoms with Crippen LogP contribution in [0.15, 0.2) is 36.5 Å². The summed E-state index contributed by atoms with van der Waals surface area (Å²) in [5, 5.41) is 0. The van der Waals surface area contributed by atoms with Gasteiger partial charge < -0.3 is 20.1 Å². The van der Waals surface area contributed by atoms with E-state index in [9.17, 15) is 19.0 Å². The molecule has 0 saturated carbocycles. The molecule has 0 aliphatic heterocycles. The van der Waals surface area contributed by atoms with Gasteiger partial charge in [0.15, 0.2) is 6.10 Å². The van der Waals surface area contributed by atoms with E-state index in [4.69, 9.17) is 24.3 Å². The zero-order chi connectivity index (χ0) is 39.6. The summed E-state index contributed by atoms with van der Waals surface area (Å²) in [5.74, 6) is -0.845. The lowest BCUT2D eigenvalue weighted by Gasteiger charge is -2.19. The minimum atomic E-state index is -4.38. The Morgan fingerprint density at radius 1 is 0.556 bits per heavy atom. The van der Waals surface area contributed by atoms with Crippen LogP contribution in [0.1, 0.15) is 200 Å². The van der Waals surface area contributed by atoms with Gasteiger partial charge in [0, 0.05) is 19.4 Å². The van der Waals surface area contributed by atoms with Crippen molar-refractivity contribution in [2.45, 2.75) is 206 Å². The van der Waals surface area contributed by atoms with Crippen molar-refractivity contribution in [2.24, 2.45) is 5.73 Å². The van der Waals surface area contributed by atoms with Crippen molar-refractivity contribution < 1.29 is 37.6 Å². The molecule has 0 heterocycles. The molecular weight excluding hydrogens is 701 g/mol. The Labute approximate surface area is 331 Å². The lowest BCUT2D eigenvalue weighted by atomic mass is 10.1. The zero-order valence-electron chi connectivity index (χ0n) is 34.7. The van der Waals surface area contributed by atoms with Crippen molar-refractivity contribution in [1.82, 2.24) is 0 Å². The van der Waals surface area contributed by atoms with Crippen LogP contribution >= 0.6 is 7.82 Å². The molecular formula is C44H82NO8P. The van der Waals surface area contributed by atoms with Gasteiger partial charge in [-0.3, -0.25) is 18.6 Å². The summed E-state index contributed by atoms with van der Waals surface area (Å²) in [6.45, 7) is 3.69. The van der Waals surface area contributed by atoms with Crippen molar-refractivity contribution >= 4 is 19.8 Å². The van der Waals surface area contributed by atoms with Gasteiger partial charge in [-0.15, -0.1) is 0 Å². The highest BCUT2D eigenvalue weighted by Crippen LogP contribution is 2.43. The molecule has 10 heteroatoms. The van der Waals surface area contributed by atoms with Gasteiger partial charge in [0.2, 0.25) is 0 Å². The molecule has 0 fully saturated rings. The Morgan fingerprint density at radius 2 is 0.963 bits per heavy atom. The molecule has 0 radical (unpaired) electrons. The summed E-state index contributed by atoms with van der Waals surface area (Å²) in [6.07, 6.45) is 44.5. The van der Waals surface area contributed by atoms with E-state index in [-0.39, 0.29) is 32.6 Å². The predicted octanol–water partition coefficient (Wildman–Crippen LogP) is 12.6. The van der Waals surface area contributed by atoms with Gasteiger partial charge in [-0.05, 0) is 70.6 Å². The number of ether oxygens (including phenoxy) is 2. The summed E-state index contributed by atoms with van der Waals surface area (Å²) in [5.41, 5.74) is 5.35. The molecule has 9 nitrogen and oxygen atoms in total. The molecule has 54 heavy (non-hydrogen) atoms. The number of unbranched alkanes of at least 4 members (excludes halogenated alkanes) is 22. The van der Waals surface area contributed by atoms with Crippen LogP contribution < -0.4 is 5.73 Å². The van der Waals surface area contributed by atoms with Crippen LogP contribution in [-0.4, -0.2) is 49.3 Å². The second-order valence-electron chi connectivity index (χ2n) is 14.6. The van der Waals surface area contributed by atoms with E-state index >= 15 is 0 Å². The molecule has 0 spiro atoms. The van der Waals surface area contributed by atoms with Crippen molar-refractivity contribution in [3.05, 3.63) is 36.5 Å². The fourth-order valence-corrected chi connectivity index (χ4v) is 6.72. The maximum Gasteiger partial charge on any atom is 0.472 e. The monoisotopic (exact) mass is 784 g/mol. The van der Waals surface area contributed by atoms with E-state index in [1.165, 1.54) is 96.3 Å². The molecule has 1 unspecified atom stereocenters. The van der Waals surface area contributed by atoms with Crippen LogP contribution in [0.2, 0.25) is 0 Å². The SMILES string of the molecule is CCCCC/C=C\C/C=C\CCCCCCCCCC(=O)OC[C@H](COP(=O)(O)OCCN)OC(=O)CCCCCCC/C=C\CCCCCCCCC. The fraction of sp³-hybridized carbons (Fsp3) is 0.818. The smallest absolute Gasteiger partial charge is 0.462 e. The van der Waals surface area contributed by atoms with E-state index in [1.54, 1.807) is 0 Å². The number of carbonyl (C=O) groups excluding carboxylic acids is 2. The number of nitrogens with two attached hydrogens (primary N) is 1. The Kier molecular flexibility index (Phi) is 39.5. The second kappa shape index (κ2) is 40.9. The number of phosphoric acid groups is 1. The van der Waals surface area contributed by atoms with Gasteiger partial charge in [0.25, 0.3) is 0 Å². The summed E-state index contributed by atoms with van der Waals surface area (Å²) in [7, 11) is -4.38. The first-order valence-corrected chi connectivity index (χ1v) is 23.5. The highest BCUT2D eigenvalue weighted by Gasteiger charge is 2.26. The minimum Gasteiger partial charge on any atom is -0.462 e. The van der Waals surface area contributed by atoms with E-state index < -0.39 is 32.5 Å². The first-order chi connectivity index (χ1) is 26.3. The van der Waals surface area contributed by atoms with E-state index in [0.717, 1.165) is 70.6 Å². The Balaban J connectivity index is 4.17. The zero-order valence-corrected chi connectivity index (χ0v) is 35.6. The summed E-state index contributed by atoms with van der Waals surface area (Å²) >= 11 is 0. The summed E-state index contributed by atoms with van der Waals surface area (Å²) < 4.78 is 32.8. The number of phosphoric ester groups is 1. The first kappa shape index (κ1) is 52.2. The molecule has 0 rings (SSSR count). The average Bonchev–Trinajstić information content (AvgIpc) is 3.16.